The molecule has 0 aromatic heterocycles. The number of hydrogen-bond acceptors (Lipinski definition) is 4. The molecule has 0 saturated carbocycles. The van der Waals surface area contributed by atoms with Gasteiger partial charge < -0.3 is 20.7 Å². The van der Waals surface area contributed by atoms with E-state index in [0.29, 0.717) is 17.0 Å². The van der Waals surface area contributed by atoms with Crippen molar-refractivity contribution < 1.29 is 9.53 Å². The third-order valence-electron chi connectivity index (χ3n) is 2.48. The molecule has 100 valence electrons. The largest absolute Gasteiger partial charge is 0.496 e. The molecule has 0 bridgehead atoms. The predicted octanol–water partition coefficient (Wildman–Crippen LogP) is 0.957. The molecule has 0 aliphatic rings. The molecule has 0 fully saturated rings. The zero-order valence-electron chi connectivity index (χ0n) is 11.4. The minimum atomic E-state index is -0.173. The second-order valence-electron chi connectivity index (χ2n) is 4.60. The molecular formula is C13H21N3O2. The van der Waals surface area contributed by atoms with Crippen molar-refractivity contribution in [2.45, 2.75) is 13.0 Å². The van der Waals surface area contributed by atoms with Gasteiger partial charge in [-0.2, -0.15) is 0 Å². The van der Waals surface area contributed by atoms with Crippen molar-refractivity contribution in [2.24, 2.45) is 0 Å². The van der Waals surface area contributed by atoms with E-state index in [9.17, 15) is 4.79 Å². The second-order valence-corrected chi connectivity index (χ2v) is 4.60. The minimum Gasteiger partial charge on any atom is -0.496 e. The Morgan fingerprint density at radius 2 is 2.17 bits per heavy atom. The van der Waals surface area contributed by atoms with Gasteiger partial charge in [0, 0.05) is 18.3 Å². The van der Waals surface area contributed by atoms with E-state index >= 15 is 0 Å². The molecule has 0 spiro atoms. The Bertz CT molecular complexity index is 419. The predicted molar refractivity (Wildman–Crippen MR) is 72.9 cm³/mol. The lowest BCUT2D eigenvalue weighted by Gasteiger charge is -2.19. The molecule has 0 heterocycles. The lowest BCUT2D eigenvalue weighted by molar-refractivity contribution is 0.0931. The number of rotatable bonds is 5. The molecule has 5 nitrogen and oxygen atoms in total. The average molecular weight is 251 g/mol. The standard InChI is InChI=1S/C13H21N3O2/c1-9(8-16(2)3)15-13(17)11-7-10(14)5-6-12(11)18-4/h5-7,9H,8,14H2,1-4H3,(H,15,17). The number of hydrogen-bond donors (Lipinski definition) is 2. The maximum atomic E-state index is 12.1. The van der Waals surface area contributed by atoms with Crippen LogP contribution in [0, 0.1) is 0 Å². The van der Waals surface area contributed by atoms with E-state index in [-0.39, 0.29) is 11.9 Å². The molecular weight excluding hydrogens is 230 g/mol. The van der Waals surface area contributed by atoms with Gasteiger partial charge in [0.1, 0.15) is 5.75 Å². The van der Waals surface area contributed by atoms with Gasteiger partial charge in [0.05, 0.1) is 12.7 Å². The van der Waals surface area contributed by atoms with Crippen LogP contribution in [0.1, 0.15) is 17.3 Å². The van der Waals surface area contributed by atoms with Crippen LogP contribution in [0.25, 0.3) is 0 Å². The number of carbonyl (C=O) groups is 1. The molecule has 18 heavy (non-hydrogen) atoms. The third-order valence-corrected chi connectivity index (χ3v) is 2.48. The molecule has 0 radical (unpaired) electrons. The van der Waals surface area contributed by atoms with Crippen molar-refractivity contribution in [3.8, 4) is 5.75 Å². The summed E-state index contributed by atoms with van der Waals surface area (Å²) in [5.41, 5.74) is 6.69. The van der Waals surface area contributed by atoms with Crippen LogP contribution in [0.3, 0.4) is 0 Å². The highest BCUT2D eigenvalue weighted by molar-refractivity contribution is 5.98. The van der Waals surface area contributed by atoms with Crippen LogP contribution in [0.2, 0.25) is 0 Å². The van der Waals surface area contributed by atoms with E-state index in [2.05, 4.69) is 5.32 Å². The van der Waals surface area contributed by atoms with E-state index in [1.807, 2.05) is 25.9 Å². The number of methoxy groups -OCH3 is 1. The van der Waals surface area contributed by atoms with E-state index in [1.165, 1.54) is 7.11 Å². The zero-order chi connectivity index (χ0) is 13.7. The number of carbonyl (C=O) groups excluding carboxylic acids is 1. The number of nitrogens with zero attached hydrogens (tertiary/aromatic N) is 1. The molecule has 5 heteroatoms. The third kappa shape index (κ3) is 3.92. The Hall–Kier alpha value is -1.75. The van der Waals surface area contributed by atoms with Crippen LogP contribution in [0.15, 0.2) is 18.2 Å². The Morgan fingerprint density at radius 3 is 2.72 bits per heavy atom. The van der Waals surface area contributed by atoms with Crippen LogP contribution in [0.5, 0.6) is 5.75 Å². The fraction of sp³-hybridized carbons (Fsp3) is 0.462. The topological polar surface area (TPSA) is 67.6 Å². The number of nitrogens with one attached hydrogen (secondary N) is 1. The number of nitrogen functional groups attached to an aromatic ring is 1. The van der Waals surface area contributed by atoms with Gasteiger partial charge in [-0.3, -0.25) is 4.79 Å². The van der Waals surface area contributed by atoms with Crippen LogP contribution < -0.4 is 15.8 Å². The van der Waals surface area contributed by atoms with Crippen LogP contribution in [0.4, 0.5) is 5.69 Å². The summed E-state index contributed by atoms with van der Waals surface area (Å²) in [5.74, 6) is 0.354. The molecule has 1 amide bonds. The first-order valence-electron chi connectivity index (χ1n) is 5.83. The summed E-state index contributed by atoms with van der Waals surface area (Å²) in [4.78, 5) is 14.1. The van der Waals surface area contributed by atoms with E-state index in [4.69, 9.17) is 10.5 Å². The first kappa shape index (κ1) is 14.3. The fourth-order valence-electron chi connectivity index (χ4n) is 1.80. The SMILES string of the molecule is COc1ccc(N)cc1C(=O)NC(C)CN(C)C. The van der Waals surface area contributed by atoms with Gasteiger partial charge in [-0.05, 0) is 39.2 Å². The van der Waals surface area contributed by atoms with Gasteiger partial charge in [0.15, 0.2) is 0 Å². The number of amides is 1. The summed E-state index contributed by atoms with van der Waals surface area (Å²) in [6.45, 7) is 2.73. The maximum absolute atomic E-state index is 12.1. The normalized spacial score (nSPS) is 12.3. The molecule has 1 aromatic rings. The number of anilines is 1. The summed E-state index contributed by atoms with van der Waals surface area (Å²) in [7, 11) is 5.46. The van der Waals surface area contributed by atoms with Gasteiger partial charge in [-0.15, -0.1) is 0 Å². The summed E-state index contributed by atoms with van der Waals surface area (Å²) in [6, 6.07) is 5.08. The highest BCUT2D eigenvalue weighted by Crippen LogP contribution is 2.20. The maximum Gasteiger partial charge on any atom is 0.255 e. The lowest BCUT2D eigenvalue weighted by Crippen LogP contribution is -2.39. The number of likely N-dealkylation sites (N-methyl/N-ethyl adjacent to an activating group) is 1. The molecule has 1 rings (SSSR count). The Balaban J connectivity index is 2.80. The lowest BCUT2D eigenvalue weighted by atomic mass is 10.1. The number of nitrogens with two attached hydrogens (primary N) is 1. The first-order valence-corrected chi connectivity index (χ1v) is 5.83. The van der Waals surface area contributed by atoms with E-state index < -0.39 is 0 Å². The Morgan fingerprint density at radius 1 is 1.50 bits per heavy atom. The summed E-state index contributed by atoms with van der Waals surface area (Å²) in [6.07, 6.45) is 0. The zero-order valence-corrected chi connectivity index (χ0v) is 11.4. The van der Waals surface area contributed by atoms with Crippen molar-refractivity contribution in [2.75, 3.05) is 33.5 Å². The quantitative estimate of drug-likeness (QED) is 0.765. The highest BCUT2D eigenvalue weighted by Gasteiger charge is 2.15. The molecule has 0 aliphatic carbocycles. The van der Waals surface area contributed by atoms with Crippen LogP contribution in [-0.4, -0.2) is 44.6 Å². The second kappa shape index (κ2) is 6.26. The van der Waals surface area contributed by atoms with Gasteiger partial charge in [-0.25, -0.2) is 0 Å². The van der Waals surface area contributed by atoms with Gasteiger partial charge in [0.2, 0.25) is 0 Å². The van der Waals surface area contributed by atoms with Crippen molar-refractivity contribution >= 4 is 11.6 Å². The van der Waals surface area contributed by atoms with Crippen molar-refractivity contribution in [1.29, 1.82) is 0 Å². The average Bonchev–Trinajstić information content (AvgIpc) is 2.27. The fourth-order valence-corrected chi connectivity index (χ4v) is 1.80. The van der Waals surface area contributed by atoms with Crippen LogP contribution in [-0.2, 0) is 0 Å². The van der Waals surface area contributed by atoms with Gasteiger partial charge >= 0.3 is 0 Å². The van der Waals surface area contributed by atoms with E-state index in [0.717, 1.165) is 6.54 Å². The number of benzene rings is 1. The molecule has 3 N–H and O–H groups in total. The van der Waals surface area contributed by atoms with Crippen molar-refractivity contribution in [3.63, 3.8) is 0 Å². The van der Waals surface area contributed by atoms with Crippen molar-refractivity contribution in [1.82, 2.24) is 10.2 Å². The molecule has 0 aliphatic heterocycles. The monoisotopic (exact) mass is 251 g/mol. The van der Waals surface area contributed by atoms with E-state index in [1.54, 1.807) is 18.2 Å². The summed E-state index contributed by atoms with van der Waals surface area (Å²) >= 11 is 0. The molecule has 0 saturated heterocycles. The number of ether oxygens (including phenoxy) is 1. The summed E-state index contributed by atoms with van der Waals surface area (Å²) in [5, 5.41) is 2.91. The Labute approximate surface area is 108 Å². The van der Waals surface area contributed by atoms with Gasteiger partial charge in [0.25, 0.3) is 5.91 Å². The van der Waals surface area contributed by atoms with Crippen LogP contribution >= 0.6 is 0 Å². The smallest absolute Gasteiger partial charge is 0.255 e. The van der Waals surface area contributed by atoms with Gasteiger partial charge in [-0.1, -0.05) is 0 Å². The highest BCUT2D eigenvalue weighted by atomic mass is 16.5. The minimum absolute atomic E-state index is 0.0543. The Kier molecular flexibility index (Phi) is 4.97. The molecule has 1 atom stereocenters. The molecule has 1 unspecified atom stereocenters. The first-order chi connectivity index (χ1) is 8.43. The molecule has 1 aromatic carbocycles. The summed E-state index contributed by atoms with van der Waals surface area (Å²) < 4.78 is 5.16. The van der Waals surface area contributed by atoms with Crippen molar-refractivity contribution in [3.05, 3.63) is 23.8 Å².